The third-order valence-electron chi connectivity index (χ3n) is 9.59. The largest absolute Gasteiger partial charge is 0.507 e. The van der Waals surface area contributed by atoms with Crippen LogP contribution in [0.2, 0.25) is 0 Å². The van der Waals surface area contributed by atoms with Crippen LogP contribution in [0.25, 0.3) is 0 Å². The van der Waals surface area contributed by atoms with E-state index in [0.717, 1.165) is 44.1 Å². The molecule has 3 fully saturated rings. The summed E-state index contributed by atoms with van der Waals surface area (Å²) in [5.74, 6) is 1.02. The van der Waals surface area contributed by atoms with E-state index in [9.17, 15) is 15.0 Å². The van der Waals surface area contributed by atoms with Gasteiger partial charge in [0.05, 0.1) is 23.4 Å². The van der Waals surface area contributed by atoms with E-state index < -0.39 is 17.3 Å². The molecule has 1 aromatic heterocycles. The lowest BCUT2D eigenvalue weighted by atomic mass is 9.45. The average molecular weight is 445 g/mol. The van der Waals surface area contributed by atoms with Crippen molar-refractivity contribution in [1.82, 2.24) is 0 Å². The summed E-state index contributed by atoms with van der Waals surface area (Å²) in [6, 6.07) is 0. The van der Waals surface area contributed by atoms with Crippen LogP contribution in [0.1, 0.15) is 83.1 Å². The fourth-order valence-corrected chi connectivity index (χ4v) is 7.27. The summed E-state index contributed by atoms with van der Waals surface area (Å²) >= 11 is 0. The van der Waals surface area contributed by atoms with E-state index in [-0.39, 0.29) is 28.6 Å². The molecule has 0 radical (unpaired) electrons. The predicted octanol–water partition coefficient (Wildman–Crippen LogP) is 5.21. The number of allylic oxidation sites excluding steroid dienone is 1. The topological polar surface area (TPSA) is 79.9 Å². The standard InChI is InChI=1S/C27H40O5/c1-15-8-9-20-26(6,19(15)14-18-23(29)16(2)17(3)31-24(18)30)13-11-22-27(20,7)12-10-21(28)25(4,5)32-22/h19-22,28-29H,1,8-14H2,2-7H3/t19-,20-,21+,22-,26-,27-/m1/s1. The molecule has 32 heavy (non-hydrogen) atoms. The number of ether oxygens (including phenoxy) is 1. The summed E-state index contributed by atoms with van der Waals surface area (Å²) in [6.45, 7) is 16.6. The maximum Gasteiger partial charge on any atom is 0.342 e. The molecule has 1 saturated heterocycles. The summed E-state index contributed by atoms with van der Waals surface area (Å²) in [4.78, 5) is 12.7. The first-order chi connectivity index (χ1) is 14.8. The number of aliphatic hydroxyl groups excluding tert-OH is 1. The molecule has 1 aliphatic heterocycles. The highest BCUT2D eigenvalue weighted by molar-refractivity contribution is 5.40. The zero-order chi connectivity index (χ0) is 23.6. The molecule has 2 heterocycles. The normalized spacial score (nSPS) is 39.2. The van der Waals surface area contributed by atoms with Gasteiger partial charge in [-0.1, -0.05) is 26.0 Å². The zero-order valence-corrected chi connectivity index (χ0v) is 20.6. The Morgan fingerprint density at radius 1 is 1.06 bits per heavy atom. The molecule has 1 aromatic rings. The van der Waals surface area contributed by atoms with E-state index in [1.54, 1.807) is 13.8 Å². The van der Waals surface area contributed by atoms with Crippen molar-refractivity contribution < 1.29 is 19.4 Å². The second kappa shape index (κ2) is 7.73. The Kier molecular flexibility index (Phi) is 5.69. The van der Waals surface area contributed by atoms with Crippen LogP contribution in [-0.2, 0) is 11.2 Å². The molecular formula is C27H40O5. The molecule has 5 nitrogen and oxygen atoms in total. The van der Waals surface area contributed by atoms with E-state index in [1.165, 1.54) is 0 Å². The maximum absolute atomic E-state index is 12.7. The molecule has 2 N–H and O–H groups in total. The number of aliphatic hydroxyl groups is 1. The first-order valence-electron chi connectivity index (χ1n) is 12.2. The molecular weight excluding hydrogens is 404 g/mol. The lowest BCUT2D eigenvalue weighted by molar-refractivity contribution is -0.198. The van der Waals surface area contributed by atoms with Crippen LogP contribution in [0.3, 0.4) is 0 Å². The summed E-state index contributed by atoms with van der Waals surface area (Å²) in [5.41, 5.74) is 1.09. The van der Waals surface area contributed by atoms with Gasteiger partial charge in [0.25, 0.3) is 0 Å². The summed E-state index contributed by atoms with van der Waals surface area (Å²) in [7, 11) is 0. The Bertz CT molecular complexity index is 975. The minimum absolute atomic E-state index is 0.0450. The fourth-order valence-electron chi connectivity index (χ4n) is 7.27. The van der Waals surface area contributed by atoms with Crippen LogP contribution >= 0.6 is 0 Å². The Balaban J connectivity index is 1.72. The first kappa shape index (κ1) is 23.6. The number of hydrogen-bond donors (Lipinski definition) is 2. The van der Waals surface area contributed by atoms with Crippen LogP contribution in [0.4, 0.5) is 0 Å². The van der Waals surface area contributed by atoms with Crippen molar-refractivity contribution in [2.75, 3.05) is 0 Å². The van der Waals surface area contributed by atoms with Gasteiger partial charge in [-0.3, -0.25) is 0 Å². The van der Waals surface area contributed by atoms with Crippen molar-refractivity contribution in [3.63, 3.8) is 0 Å². The monoisotopic (exact) mass is 444 g/mol. The van der Waals surface area contributed by atoms with Crippen molar-refractivity contribution in [2.45, 2.75) is 104 Å². The maximum atomic E-state index is 12.7. The van der Waals surface area contributed by atoms with Crippen molar-refractivity contribution in [3.05, 3.63) is 39.5 Å². The zero-order valence-electron chi connectivity index (χ0n) is 20.6. The predicted molar refractivity (Wildman–Crippen MR) is 125 cm³/mol. The molecule has 3 aliphatic rings. The molecule has 2 aliphatic carbocycles. The number of fused-ring (bicyclic) bond motifs is 3. The van der Waals surface area contributed by atoms with Crippen LogP contribution in [0, 0.1) is 36.5 Å². The number of hydrogen-bond acceptors (Lipinski definition) is 5. The van der Waals surface area contributed by atoms with Crippen molar-refractivity contribution in [1.29, 1.82) is 0 Å². The smallest absolute Gasteiger partial charge is 0.342 e. The lowest BCUT2D eigenvalue weighted by Crippen LogP contribution is -2.57. The molecule has 178 valence electrons. The van der Waals surface area contributed by atoms with E-state index in [0.29, 0.717) is 29.2 Å². The highest BCUT2D eigenvalue weighted by atomic mass is 16.5. The Hall–Kier alpha value is -1.59. The van der Waals surface area contributed by atoms with E-state index in [2.05, 4.69) is 20.4 Å². The van der Waals surface area contributed by atoms with E-state index in [4.69, 9.17) is 9.15 Å². The van der Waals surface area contributed by atoms with Gasteiger partial charge in [-0.15, -0.1) is 0 Å². The summed E-state index contributed by atoms with van der Waals surface area (Å²) in [6.07, 6.45) is 5.63. The van der Waals surface area contributed by atoms with Crippen LogP contribution < -0.4 is 5.63 Å². The Morgan fingerprint density at radius 3 is 2.41 bits per heavy atom. The van der Waals surface area contributed by atoms with Gasteiger partial charge < -0.3 is 19.4 Å². The molecule has 0 unspecified atom stereocenters. The minimum Gasteiger partial charge on any atom is -0.507 e. The number of aromatic hydroxyl groups is 1. The SMILES string of the molecule is C=C1CC[C@@H]2[C@](C)(CC[C@H]3OC(C)(C)[C@@H](O)CC[C@]23C)[C@@H]1Cc1c(O)c(C)c(C)oc1=O. The molecule has 4 rings (SSSR count). The fraction of sp³-hybridized carbons (Fsp3) is 0.741. The van der Waals surface area contributed by atoms with Crippen molar-refractivity contribution in [2.24, 2.45) is 22.7 Å². The van der Waals surface area contributed by atoms with Gasteiger partial charge in [0, 0.05) is 5.56 Å². The molecule has 6 atom stereocenters. The third-order valence-corrected chi connectivity index (χ3v) is 9.59. The Morgan fingerprint density at radius 2 is 1.72 bits per heavy atom. The highest BCUT2D eigenvalue weighted by Gasteiger charge is 2.60. The number of rotatable bonds is 2. The van der Waals surface area contributed by atoms with Gasteiger partial charge >= 0.3 is 5.63 Å². The highest BCUT2D eigenvalue weighted by Crippen LogP contribution is 2.64. The van der Waals surface area contributed by atoms with Crippen LogP contribution in [0.5, 0.6) is 5.75 Å². The molecule has 0 amide bonds. The lowest BCUT2D eigenvalue weighted by Gasteiger charge is -2.61. The van der Waals surface area contributed by atoms with Gasteiger partial charge in [-0.2, -0.15) is 0 Å². The van der Waals surface area contributed by atoms with Gasteiger partial charge in [-0.05, 0) is 95.3 Å². The van der Waals surface area contributed by atoms with Crippen LogP contribution in [-0.4, -0.2) is 28.0 Å². The van der Waals surface area contributed by atoms with Gasteiger partial charge in [0.2, 0.25) is 0 Å². The second-order valence-corrected chi connectivity index (χ2v) is 11.7. The molecule has 0 spiro atoms. The van der Waals surface area contributed by atoms with Crippen molar-refractivity contribution >= 4 is 0 Å². The quantitative estimate of drug-likeness (QED) is 0.612. The molecule has 0 aromatic carbocycles. The van der Waals surface area contributed by atoms with Crippen molar-refractivity contribution in [3.8, 4) is 5.75 Å². The van der Waals surface area contributed by atoms with E-state index >= 15 is 0 Å². The van der Waals surface area contributed by atoms with Gasteiger partial charge in [-0.25, -0.2) is 4.79 Å². The summed E-state index contributed by atoms with van der Waals surface area (Å²) in [5, 5.41) is 21.5. The molecule has 2 saturated carbocycles. The van der Waals surface area contributed by atoms with Gasteiger partial charge in [0.1, 0.15) is 11.5 Å². The van der Waals surface area contributed by atoms with Gasteiger partial charge in [0.15, 0.2) is 0 Å². The molecule has 5 heteroatoms. The Labute approximate surface area is 191 Å². The first-order valence-corrected chi connectivity index (χ1v) is 12.2. The second-order valence-electron chi connectivity index (χ2n) is 11.7. The number of aryl methyl sites for hydroxylation is 1. The minimum atomic E-state index is -0.544. The molecule has 0 bridgehead atoms. The van der Waals surface area contributed by atoms with E-state index in [1.807, 2.05) is 13.8 Å². The summed E-state index contributed by atoms with van der Waals surface area (Å²) < 4.78 is 12.0. The third kappa shape index (κ3) is 3.47. The average Bonchev–Trinajstić information content (AvgIpc) is 2.80. The van der Waals surface area contributed by atoms with Crippen LogP contribution in [0.15, 0.2) is 21.4 Å².